The van der Waals surface area contributed by atoms with Crippen LogP contribution in [0.25, 0.3) is 0 Å². The molecule has 0 aliphatic rings. The van der Waals surface area contributed by atoms with Gasteiger partial charge in [0, 0.05) is 11.6 Å². The van der Waals surface area contributed by atoms with Gasteiger partial charge < -0.3 is 9.47 Å². The molecule has 2 rings (SSSR count). The zero-order valence-corrected chi connectivity index (χ0v) is 15.5. The summed E-state index contributed by atoms with van der Waals surface area (Å²) in [5.74, 6) is 0.492. The lowest BCUT2D eigenvalue weighted by Crippen LogP contribution is -2.24. The molecule has 0 saturated heterocycles. The molecule has 0 unspecified atom stereocenters. The van der Waals surface area contributed by atoms with Gasteiger partial charge >= 0.3 is 0 Å². The van der Waals surface area contributed by atoms with Gasteiger partial charge in [0.2, 0.25) is 0 Å². The van der Waals surface area contributed by atoms with Gasteiger partial charge in [0.1, 0.15) is 11.5 Å². The summed E-state index contributed by atoms with van der Waals surface area (Å²) in [6, 6.07) is 10.2. The number of halogens is 3. The fraction of sp³-hybridized carbons (Fsp3) is 0.176. The molecule has 0 aliphatic heterocycles. The number of hydrogen-bond donors (Lipinski definition) is 1. The second kappa shape index (κ2) is 9.51. The quantitative estimate of drug-likeness (QED) is 0.420. The fourth-order valence-electron chi connectivity index (χ4n) is 1.84. The molecule has 0 spiro atoms. The minimum absolute atomic E-state index is 0.261. The minimum atomic E-state index is -0.452. The Balaban J connectivity index is 1.90. The third-order valence-corrected chi connectivity index (χ3v) is 3.96. The lowest BCUT2D eigenvalue weighted by molar-refractivity contribution is -0.123. The first kappa shape index (κ1) is 19.4. The van der Waals surface area contributed by atoms with Crippen molar-refractivity contribution in [1.82, 2.24) is 5.43 Å². The van der Waals surface area contributed by atoms with Crippen molar-refractivity contribution in [2.45, 2.75) is 6.92 Å². The molecule has 0 aliphatic carbocycles. The van der Waals surface area contributed by atoms with Gasteiger partial charge in [0.15, 0.2) is 6.61 Å². The minimum Gasteiger partial charge on any atom is -0.493 e. The van der Waals surface area contributed by atoms with Crippen LogP contribution in [0.4, 0.5) is 0 Å². The number of carbonyl (C=O) groups is 1. The van der Waals surface area contributed by atoms with Crippen LogP contribution >= 0.6 is 34.8 Å². The molecular weight excluding hydrogens is 387 g/mol. The number of rotatable bonds is 7. The summed E-state index contributed by atoms with van der Waals surface area (Å²) in [5.41, 5.74) is 3.11. The Kier molecular flexibility index (Phi) is 7.37. The number of para-hydroxylation sites is 1. The van der Waals surface area contributed by atoms with E-state index in [4.69, 9.17) is 44.3 Å². The van der Waals surface area contributed by atoms with E-state index in [0.717, 1.165) is 5.56 Å². The predicted molar refractivity (Wildman–Crippen MR) is 100 cm³/mol. The standard InChI is InChI=1S/C17H15Cl3N2O3/c1-2-24-15-6-4-3-5-11(15)9-21-22-17(23)10-25-16-8-13(19)12(18)7-14(16)20/h3-9H,2,10H2,1H3,(H,22,23). The van der Waals surface area contributed by atoms with Crippen LogP contribution in [-0.2, 0) is 4.79 Å². The summed E-state index contributed by atoms with van der Waals surface area (Å²) in [6.45, 7) is 2.15. The summed E-state index contributed by atoms with van der Waals surface area (Å²) < 4.78 is 10.8. The first-order valence-corrected chi connectivity index (χ1v) is 8.45. The highest BCUT2D eigenvalue weighted by Gasteiger charge is 2.09. The monoisotopic (exact) mass is 400 g/mol. The number of hydrazone groups is 1. The van der Waals surface area contributed by atoms with E-state index in [1.165, 1.54) is 18.3 Å². The van der Waals surface area contributed by atoms with E-state index >= 15 is 0 Å². The Morgan fingerprint density at radius 1 is 1.08 bits per heavy atom. The van der Waals surface area contributed by atoms with Gasteiger partial charge in [-0.25, -0.2) is 5.43 Å². The van der Waals surface area contributed by atoms with Crippen LogP contribution in [0.1, 0.15) is 12.5 Å². The van der Waals surface area contributed by atoms with Crippen molar-refractivity contribution in [2.75, 3.05) is 13.2 Å². The third kappa shape index (κ3) is 5.81. The number of nitrogens with one attached hydrogen (secondary N) is 1. The van der Waals surface area contributed by atoms with E-state index in [1.54, 1.807) is 0 Å². The van der Waals surface area contributed by atoms with Crippen molar-refractivity contribution in [3.63, 3.8) is 0 Å². The Bertz CT molecular complexity index is 782. The summed E-state index contributed by atoms with van der Waals surface area (Å²) >= 11 is 17.7. The molecule has 2 aromatic carbocycles. The molecule has 0 bridgehead atoms. The van der Waals surface area contributed by atoms with Gasteiger partial charge in [0.05, 0.1) is 27.9 Å². The second-order valence-corrected chi connectivity index (χ2v) is 5.97. The van der Waals surface area contributed by atoms with E-state index < -0.39 is 5.91 Å². The molecule has 0 atom stereocenters. The molecule has 0 radical (unpaired) electrons. The molecule has 0 saturated carbocycles. The van der Waals surface area contributed by atoms with E-state index in [2.05, 4.69) is 10.5 Å². The Labute approximate surface area is 160 Å². The molecule has 0 heterocycles. The van der Waals surface area contributed by atoms with Gasteiger partial charge in [-0.2, -0.15) is 5.10 Å². The van der Waals surface area contributed by atoms with Gasteiger partial charge in [-0.3, -0.25) is 4.79 Å². The van der Waals surface area contributed by atoms with Crippen LogP contribution in [0.5, 0.6) is 11.5 Å². The van der Waals surface area contributed by atoms with Gasteiger partial charge in [-0.05, 0) is 25.1 Å². The van der Waals surface area contributed by atoms with E-state index in [0.29, 0.717) is 17.4 Å². The van der Waals surface area contributed by atoms with Crippen molar-refractivity contribution in [2.24, 2.45) is 5.10 Å². The highest BCUT2D eigenvalue weighted by molar-refractivity contribution is 6.43. The van der Waals surface area contributed by atoms with Crippen molar-refractivity contribution in [3.05, 3.63) is 57.0 Å². The maximum absolute atomic E-state index is 11.8. The molecule has 8 heteroatoms. The molecule has 5 nitrogen and oxygen atoms in total. The normalized spacial score (nSPS) is 10.7. The summed E-state index contributed by atoms with van der Waals surface area (Å²) in [4.78, 5) is 11.8. The number of nitrogens with zero attached hydrogens (tertiary/aromatic N) is 1. The average molecular weight is 402 g/mol. The smallest absolute Gasteiger partial charge is 0.277 e. The molecular formula is C17H15Cl3N2O3. The number of hydrogen-bond acceptors (Lipinski definition) is 4. The Hall–Kier alpha value is -1.95. The van der Waals surface area contributed by atoms with Crippen LogP contribution < -0.4 is 14.9 Å². The molecule has 132 valence electrons. The second-order valence-electron chi connectivity index (χ2n) is 4.75. The van der Waals surface area contributed by atoms with E-state index in [-0.39, 0.29) is 22.4 Å². The SMILES string of the molecule is CCOc1ccccc1C=NNC(=O)COc1cc(Cl)c(Cl)cc1Cl. The van der Waals surface area contributed by atoms with Crippen LogP contribution in [0.3, 0.4) is 0 Å². The van der Waals surface area contributed by atoms with Gasteiger partial charge in [-0.1, -0.05) is 46.9 Å². The van der Waals surface area contributed by atoms with E-state index in [9.17, 15) is 4.79 Å². The molecule has 1 N–H and O–H groups in total. The van der Waals surface area contributed by atoms with Gasteiger partial charge in [0.25, 0.3) is 5.91 Å². The number of benzene rings is 2. The van der Waals surface area contributed by atoms with Crippen molar-refractivity contribution < 1.29 is 14.3 Å². The molecule has 0 aromatic heterocycles. The summed E-state index contributed by atoms with van der Waals surface area (Å²) in [7, 11) is 0. The van der Waals surface area contributed by atoms with Crippen LogP contribution in [-0.4, -0.2) is 25.3 Å². The molecule has 1 amide bonds. The molecule has 2 aromatic rings. The average Bonchev–Trinajstić information content (AvgIpc) is 2.59. The Morgan fingerprint density at radius 3 is 2.56 bits per heavy atom. The largest absolute Gasteiger partial charge is 0.493 e. The summed E-state index contributed by atoms with van der Waals surface area (Å²) in [5, 5.41) is 4.74. The third-order valence-electron chi connectivity index (χ3n) is 2.95. The topological polar surface area (TPSA) is 59.9 Å². The van der Waals surface area contributed by atoms with E-state index in [1.807, 2.05) is 31.2 Å². The van der Waals surface area contributed by atoms with Crippen molar-refractivity contribution in [3.8, 4) is 11.5 Å². The Morgan fingerprint density at radius 2 is 1.80 bits per heavy atom. The summed E-state index contributed by atoms with van der Waals surface area (Å²) in [6.07, 6.45) is 1.50. The van der Waals surface area contributed by atoms with Crippen LogP contribution in [0.15, 0.2) is 41.5 Å². The lowest BCUT2D eigenvalue weighted by atomic mass is 10.2. The number of amides is 1. The first-order valence-electron chi connectivity index (χ1n) is 7.32. The van der Waals surface area contributed by atoms with Crippen molar-refractivity contribution >= 4 is 46.9 Å². The maximum atomic E-state index is 11.8. The highest BCUT2D eigenvalue weighted by atomic mass is 35.5. The zero-order valence-electron chi connectivity index (χ0n) is 13.3. The maximum Gasteiger partial charge on any atom is 0.277 e. The molecule has 25 heavy (non-hydrogen) atoms. The van der Waals surface area contributed by atoms with Crippen LogP contribution in [0.2, 0.25) is 15.1 Å². The fourth-order valence-corrected chi connectivity index (χ4v) is 2.43. The molecule has 0 fully saturated rings. The highest BCUT2D eigenvalue weighted by Crippen LogP contribution is 2.33. The van der Waals surface area contributed by atoms with Crippen molar-refractivity contribution in [1.29, 1.82) is 0 Å². The number of ether oxygens (including phenoxy) is 2. The van der Waals surface area contributed by atoms with Gasteiger partial charge in [-0.15, -0.1) is 0 Å². The van der Waals surface area contributed by atoms with Crippen LogP contribution in [0, 0.1) is 0 Å². The first-order chi connectivity index (χ1) is 12.0. The number of carbonyl (C=O) groups excluding carboxylic acids is 1. The predicted octanol–water partition coefficient (Wildman–Crippen LogP) is 4.57. The zero-order chi connectivity index (χ0) is 18.2. The lowest BCUT2D eigenvalue weighted by Gasteiger charge is -2.08.